The summed E-state index contributed by atoms with van der Waals surface area (Å²) in [6.45, 7) is 7.37. The van der Waals surface area contributed by atoms with Crippen LogP contribution in [-0.2, 0) is 27.6 Å². The SMILES string of the molecule is C=C(C)c1cc(-c2ccc(-c3ccc(CC)c(S(C)(=O)=O)c3)cc2)n(CC(=O)O)n1. The fourth-order valence-electron chi connectivity index (χ4n) is 3.31. The number of rotatable bonds is 7. The zero-order valence-corrected chi connectivity index (χ0v) is 18.0. The van der Waals surface area contributed by atoms with Crippen molar-refractivity contribution >= 4 is 21.4 Å². The molecular weight excluding hydrogens is 400 g/mol. The minimum Gasteiger partial charge on any atom is -0.480 e. The molecule has 2 aromatic carbocycles. The van der Waals surface area contributed by atoms with Crippen molar-refractivity contribution in [2.24, 2.45) is 0 Å². The number of nitrogens with zero attached hydrogens (tertiary/aromatic N) is 2. The fourth-order valence-corrected chi connectivity index (χ4v) is 4.34. The first-order valence-corrected chi connectivity index (χ1v) is 11.4. The first kappa shape index (κ1) is 21.5. The van der Waals surface area contributed by atoms with Crippen LogP contribution in [0, 0.1) is 0 Å². The van der Waals surface area contributed by atoms with Gasteiger partial charge in [0.1, 0.15) is 6.54 Å². The third kappa shape index (κ3) is 4.52. The maximum atomic E-state index is 12.2. The van der Waals surface area contributed by atoms with Crippen LogP contribution in [0.4, 0.5) is 0 Å². The molecule has 0 amide bonds. The summed E-state index contributed by atoms with van der Waals surface area (Å²) in [7, 11) is -3.33. The number of benzene rings is 2. The predicted octanol–water partition coefficient (Wildman–Crippen LogP) is 4.30. The van der Waals surface area contributed by atoms with E-state index in [-0.39, 0.29) is 6.54 Å². The van der Waals surface area contributed by atoms with Gasteiger partial charge in [0.25, 0.3) is 0 Å². The van der Waals surface area contributed by atoms with E-state index < -0.39 is 15.8 Å². The normalized spacial score (nSPS) is 11.4. The topological polar surface area (TPSA) is 89.3 Å². The highest BCUT2D eigenvalue weighted by molar-refractivity contribution is 7.90. The van der Waals surface area contributed by atoms with E-state index in [1.165, 1.54) is 10.9 Å². The first-order valence-electron chi connectivity index (χ1n) is 9.49. The third-order valence-corrected chi connectivity index (χ3v) is 6.04. The molecule has 0 unspecified atom stereocenters. The number of carbonyl (C=O) groups is 1. The van der Waals surface area contributed by atoms with Crippen LogP contribution < -0.4 is 0 Å². The summed E-state index contributed by atoms with van der Waals surface area (Å²) >= 11 is 0. The van der Waals surface area contributed by atoms with Crippen molar-refractivity contribution in [2.45, 2.75) is 31.7 Å². The number of sulfone groups is 1. The number of hydrogen-bond donors (Lipinski definition) is 1. The van der Waals surface area contributed by atoms with Crippen LogP contribution in [0.1, 0.15) is 25.1 Å². The molecule has 0 saturated heterocycles. The summed E-state index contributed by atoms with van der Waals surface area (Å²) in [5.41, 5.74) is 5.36. The van der Waals surface area contributed by atoms with Gasteiger partial charge in [-0.1, -0.05) is 49.9 Å². The average molecular weight is 425 g/mol. The van der Waals surface area contributed by atoms with Gasteiger partial charge in [-0.3, -0.25) is 9.48 Å². The lowest BCUT2D eigenvalue weighted by atomic mass is 10.0. The fraction of sp³-hybridized carbons (Fsp3) is 0.217. The van der Waals surface area contributed by atoms with Gasteiger partial charge >= 0.3 is 5.97 Å². The van der Waals surface area contributed by atoms with Crippen molar-refractivity contribution in [3.05, 3.63) is 66.4 Å². The number of aromatic nitrogens is 2. The summed E-state index contributed by atoms with van der Waals surface area (Å²) in [6, 6.07) is 14.8. The van der Waals surface area contributed by atoms with Gasteiger partial charge in [0.15, 0.2) is 9.84 Å². The highest BCUT2D eigenvalue weighted by atomic mass is 32.2. The van der Waals surface area contributed by atoms with Gasteiger partial charge in [-0.25, -0.2) is 8.42 Å². The van der Waals surface area contributed by atoms with Gasteiger partial charge in [-0.15, -0.1) is 0 Å². The highest BCUT2D eigenvalue weighted by Crippen LogP contribution is 2.29. The van der Waals surface area contributed by atoms with Gasteiger partial charge < -0.3 is 5.11 Å². The van der Waals surface area contributed by atoms with E-state index in [9.17, 15) is 18.3 Å². The molecule has 1 aromatic heterocycles. The van der Waals surface area contributed by atoms with Crippen LogP contribution in [0.15, 0.2) is 60.0 Å². The molecule has 156 valence electrons. The summed E-state index contributed by atoms with van der Waals surface area (Å²) in [6.07, 6.45) is 1.86. The van der Waals surface area contributed by atoms with Gasteiger partial charge in [0.2, 0.25) is 0 Å². The molecule has 3 rings (SSSR count). The number of hydrogen-bond acceptors (Lipinski definition) is 4. The molecule has 0 radical (unpaired) electrons. The molecule has 0 atom stereocenters. The van der Waals surface area contributed by atoms with Crippen molar-refractivity contribution in [2.75, 3.05) is 6.26 Å². The summed E-state index contributed by atoms with van der Waals surface area (Å²) in [5, 5.41) is 13.5. The van der Waals surface area contributed by atoms with Crippen molar-refractivity contribution in [3.63, 3.8) is 0 Å². The summed E-state index contributed by atoms with van der Waals surface area (Å²) in [5.74, 6) is -0.978. The Morgan fingerprint density at radius 3 is 2.20 bits per heavy atom. The Morgan fingerprint density at radius 1 is 1.07 bits per heavy atom. The molecule has 1 heterocycles. The smallest absolute Gasteiger partial charge is 0.325 e. The minimum absolute atomic E-state index is 0.249. The molecule has 0 aliphatic carbocycles. The molecule has 0 fully saturated rings. The maximum absolute atomic E-state index is 12.2. The molecule has 1 N–H and O–H groups in total. The number of aliphatic carboxylic acids is 1. The molecule has 0 aliphatic rings. The van der Waals surface area contributed by atoms with Crippen LogP contribution in [0.5, 0.6) is 0 Å². The van der Waals surface area contributed by atoms with E-state index in [1.54, 1.807) is 6.07 Å². The van der Waals surface area contributed by atoms with Crippen LogP contribution in [0.2, 0.25) is 0 Å². The van der Waals surface area contributed by atoms with Crippen LogP contribution >= 0.6 is 0 Å². The second-order valence-electron chi connectivity index (χ2n) is 7.27. The molecular formula is C23H24N2O4S. The summed E-state index contributed by atoms with van der Waals surface area (Å²) < 4.78 is 25.8. The van der Waals surface area contributed by atoms with Crippen molar-refractivity contribution in [1.29, 1.82) is 0 Å². The van der Waals surface area contributed by atoms with E-state index >= 15 is 0 Å². The number of carboxylic acids is 1. The number of aryl methyl sites for hydroxylation is 1. The lowest BCUT2D eigenvalue weighted by molar-refractivity contribution is -0.137. The Hall–Kier alpha value is -3.19. The molecule has 6 nitrogen and oxygen atoms in total. The average Bonchev–Trinajstić information content (AvgIpc) is 3.10. The largest absolute Gasteiger partial charge is 0.480 e. The van der Waals surface area contributed by atoms with Crippen molar-refractivity contribution < 1.29 is 18.3 Å². The molecule has 0 spiro atoms. The molecule has 0 aliphatic heterocycles. The van der Waals surface area contributed by atoms with Gasteiger partial charge in [-0.05, 0) is 53.3 Å². The third-order valence-electron chi connectivity index (χ3n) is 4.86. The highest BCUT2D eigenvalue weighted by Gasteiger charge is 2.15. The van der Waals surface area contributed by atoms with Crippen molar-refractivity contribution in [3.8, 4) is 22.4 Å². The molecule has 0 bridgehead atoms. The van der Waals surface area contributed by atoms with E-state index in [1.807, 2.05) is 56.3 Å². The van der Waals surface area contributed by atoms with E-state index in [4.69, 9.17) is 0 Å². The number of allylic oxidation sites excluding steroid dienone is 1. The molecule has 30 heavy (non-hydrogen) atoms. The monoisotopic (exact) mass is 424 g/mol. The van der Waals surface area contributed by atoms with E-state index in [0.29, 0.717) is 22.7 Å². The Morgan fingerprint density at radius 2 is 1.67 bits per heavy atom. The quantitative estimate of drug-likeness (QED) is 0.611. The molecule has 7 heteroatoms. The summed E-state index contributed by atoms with van der Waals surface area (Å²) in [4.78, 5) is 11.5. The Bertz CT molecular complexity index is 1220. The second-order valence-corrected chi connectivity index (χ2v) is 9.26. The van der Waals surface area contributed by atoms with Crippen molar-refractivity contribution in [1.82, 2.24) is 9.78 Å². The molecule has 3 aromatic rings. The minimum atomic E-state index is -3.33. The Labute approximate surface area is 176 Å². The zero-order chi connectivity index (χ0) is 22.1. The van der Waals surface area contributed by atoms with E-state index in [0.717, 1.165) is 27.8 Å². The van der Waals surface area contributed by atoms with Gasteiger partial charge in [0, 0.05) is 6.26 Å². The van der Waals surface area contributed by atoms with Crippen LogP contribution in [0.3, 0.4) is 0 Å². The Kier molecular flexibility index (Phi) is 5.94. The second kappa shape index (κ2) is 8.28. The maximum Gasteiger partial charge on any atom is 0.325 e. The standard InChI is InChI=1S/C23H24N2O4S/c1-5-16-6-11-19(12-22(16)30(4,28)29)17-7-9-18(10-8-17)21-13-20(15(2)3)24-25(21)14-23(26)27/h6-13H,2,5,14H2,1,3-4H3,(H,26,27). The predicted molar refractivity (Wildman–Crippen MR) is 118 cm³/mol. The first-order chi connectivity index (χ1) is 14.1. The van der Waals surface area contributed by atoms with E-state index in [2.05, 4.69) is 11.7 Å². The lowest BCUT2D eigenvalue weighted by Crippen LogP contribution is -2.11. The van der Waals surface area contributed by atoms with Crippen LogP contribution in [-0.4, -0.2) is 35.5 Å². The van der Waals surface area contributed by atoms with Gasteiger partial charge in [0.05, 0.1) is 16.3 Å². The van der Waals surface area contributed by atoms with Gasteiger partial charge in [-0.2, -0.15) is 5.10 Å². The zero-order valence-electron chi connectivity index (χ0n) is 17.2. The Balaban J connectivity index is 2.02. The molecule has 0 saturated carbocycles. The van der Waals surface area contributed by atoms with Crippen LogP contribution in [0.25, 0.3) is 28.0 Å². The number of carboxylic acid groups (broad SMARTS) is 1. The lowest BCUT2D eigenvalue weighted by Gasteiger charge is -2.10.